The standard InChI is InChI=1S/C14H18N4O2S/c1-8-6-9(2)18(11(19)10(8)7-15)17-13(21)16-12(20)14(3,4)5/h6H,1-5H3,(H2,16,17,20,21). The van der Waals surface area contributed by atoms with E-state index in [4.69, 9.17) is 17.5 Å². The minimum Gasteiger partial charge on any atom is -0.301 e. The lowest BCUT2D eigenvalue weighted by Gasteiger charge is -2.20. The average Bonchev–Trinajstić information content (AvgIpc) is 2.33. The van der Waals surface area contributed by atoms with Crippen LogP contribution in [-0.2, 0) is 4.79 Å². The van der Waals surface area contributed by atoms with E-state index in [0.717, 1.165) is 4.68 Å². The van der Waals surface area contributed by atoms with E-state index in [2.05, 4.69) is 10.7 Å². The summed E-state index contributed by atoms with van der Waals surface area (Å²) in [6, 6.07) is 3.56. The van der Waals surface area contributed by atoms with Crippen molar-refractivity contribution in [1.29, 1.82) is 5.26 Å². The van der Waals surface area contributed by atoms with Gasteiger partial charge in [-0.1, -0.05) is 20.8 Å². The maximum atomic E-state index is 12.2. The second kappa shape index (κ2) is 6.06. The first kappa shape index (κ1) is 16.9. The monoisotopic (exact) mass is 306 g/mol. The molecule has 0 saturated heterocycles. The number of carbonyl (C=O) groups excluding carboxylic acids is 1. The Kier molecular flexibility index (Phi) is 4.86. The summed E-state index contributed by atoms with van der Waals surface area (Å²) in [6.07, 6.45) is 0. The first-order valence-electron chi connectivity index (χ1n) is 6.33. The van der Waals surface area contributed by atoms with Crippen LogP contribution < -0.4 is 16.3 Å². The molecule has 0 aliphatic carbocycles. The number of hydrogen-bond acceptors (Lipinski definition) is 4. The van der Waals surface area contributed by atoms with Crippen molar-refractivity contribution in [3.63, 3.8) is 0 Å². The van der Waals surface area contributed by atoms with Crippen LogP contribution in [0.5, 0.6) is 0 Å². The zero-order valence-corrected chi connectivity index (χ0v) is 13.5. The largest absolute Gasteiger partial charge is 0.301 e. The maximum absolute atomic E-state index is 12.2. The number of carbonyl (C=O) groups is 1. The van der Waals surface area contributed by atoms with Gasteiger partial charge in [-0.25, -0.2) is 4.68 Å². The molecule has 0 radical (unpaired) electrons. The summed E-state index contributed by atoms with van der Waals surface area (Å²) in [5, 5.41) is 11.5. The summed E-state index contributed by atoms with van der Waals surface area (Å²) < 4.78 is 1.15. The van der Waals surface area contributed by atoms with Crippen LogP contribution in [-0.4, -0.2) is 15.7 Å². The Labute approximate surface area is 128 Å². The van der Waals surface area contributed by atoms with Crippen LogP contribution >= 0.6 is 12.2 Å². The number of nitrogens with zero attached hydrogens (tertiary/aromatic N) is 2. The third kappa shape index (κ3) is 3.89. The number of nitriles is 1. The van der Waals surface area contributed by atoms with Gasteiger partial charge in [-0.05, 0) is 37.7 Å². The molecular formula is C14H18N4O2S. The van der Waals surface area contributed by atoms with Gasteiger partial charge in [-0.15, -0.1) is 0 Å². The van der Waals surface area contributed by atoms with Crippen LogP contribution in [0, 0.1) is 30.6 Å². The number of nitrogens with one attached hydrogen (secondary N) is 2. The summed E-state index contributed by atoms with van der Waals surface area (Å²) in [7, 11) is 0. The Bertz CT molecular complexity index is 693. The molecule has 0 aromatic carbocycles. The van der Waals surface area contributed by atoms with Crippen molar-refractivity contribution in [3.05, 3.63) is 33.2 Å². The lowest BCUT2D eigenvalue weighted by molar-refractivity contribution is -0.126. The second-order valence-corrected chi connectivity index (χ2v) is 6.15. The van der Waals surface area contributed by atoms with Gasteiger partial charge in [0.05, 0.1) is 0 Å². The molecule has 2 N–H and O–H groups in total. The van der Waals surface area contributed by atoms with Gasteiger partial charge < -0.3 is 5.32 Å². The van der Waals surface area contributed by atoms with Crippen molar-refractivity contribution in [2.24, 2.45) is 5.41 Å². The highest BCUT2D eigenvalue weighted by molar-refractivity contribution is 7.80. The molecule has 0 aliphatic rings. The fourth-order valence-corrected chi connectivity index (χ4v) is 1.77. The van der Waals surface area contributed by atoms with Crippen molar-refractivity contribution < 1.29 is 4.79 Å². The normalized spacial score (nSPS) is 10.7. The highest BCUT2D eigenvalue weighted by Gasteiger charge is 2.22. The number of rotatable bonds is 1. The van der Waals surface area contributed by atoms with Crippen LogP contribution in [0.3, 0.4) is 0 Å². The van der Waals surface area contributed by atoms with Crippen LogP contribution in [0.2, 0.25) is 0 Å². The average molecular weight is 306 g/mol. The number of thiocarbonyl (C=S) groups is 1. The third-order valence-electron chi connectivity index (χ3n) is 2.82. The van der Waals surface area contributed by atoms with E-state index in [1.165, 1.54) is 0 Å². The second-order valence-electron chi connectivity index (χ2n) is 5.74. The first-order chi connectivity index (χ1) is 9.57. The van der Waals surface area contributed by atoms with Crippen LogP contribution in [0.15, 0.2) is 10.9 Å². The van der Waals surface area contributed by atoms with Crippen LogP contribution in [0.1, 0.15) is 37.6 Å². The molecule has 1 amide bonds. The molecule has 0 saturated carbocycles. The number of hydrogen-bond donors (Lipinski definition) is 2. The van der Waals surface area contributed by atoms with E-state index in [9.17, 15) is 9.59 Å². The molecule has 0 aliphatic heterocycles. The van der Waals surface area contributed by atoms with Crippen molar-refractivity contribution in [2.75, 3.05) is 5.43 Å². The van der Waals surface area contributed by atoms with Gasteiger partial charge in [-0.2, -0.15) is 5.26 Å². The molecule has 0 fully saturated rings. The highest BCUT2D eigenvalue weighted by Crippen LogP contribution is 2.12. The molecule has 1 rings (SSSR count). The molecule has 7 heteroatoms. The Morgan fingerprint density at radius 1 is 1.38 bits per heavy atom. The van der Waals surface area contributed by atoms with Crippen molar-refractivity contribution >= 4 is 23.2 Å². The maximum Gasteiger partial charge on any atom is 0.287 e. The summed E-state index contributed by atoms with van der Waals surface area (Å²) in [5.41, 5.74) is 2.76. The van der Waals surface area contributed by atoms with Gasteiger partial charge in [0, 0.05) is 11.1 Å². The number of aromatic nitrogens is 1. The molecule has 1 heterocycles. The molecule has 112 valence electrons. The zero-order valence-electron chi connectivity index (χ0n) is 12.7. The third-order valence-corrected chi connectivity index (χ3v) is 3.02. The highest BCUT2D eigenvalue weighted by atomic mass is 32.1. The smallest absolute Gasteiger partial charge is 0.287 e. The molecule has 0 atom stereocenters. The molecule has 0 unspecified atom stereocenters. The molecule has 6 nitrogen and oxygen atoms in total. The molecule has 0 bridgehead atoms. The lowest BCUT2D eigenvalue weighted by atomic mass is 9.96. The predicted molar refractivity (Wildman–Crippen MR) is 84.4 cm³/mol. The molecular weight excluding hydrogens is 288 g/mol. The van der Waals surface area contributed by atoms with E-state index in [1.54, 1.807) is 40.7 Å². The number of amides is 1. The van der Waals surface area contributed by atoms with Crippen LogP contribution in [0.4, 0.5) is 0 Å². The molecule has 21 heavy (non-hydrogen) atoms. The van der Waals surface area contributed by atoms with Crippen molar-refractivity contribution in [3.8, 4) is 6.07 Å². The Morgan fingerprint density at radius 2 is 1.95 bits per heavy atom. The Balaban J connectivity index is 3.05. The van der Waals surface area contributed by atoms with Crippen LogP contribution in [0.25, 0.3) is 0 Å². The minimum absolute atomic E-state index is 0.00729. The van der Waals surface area contributed by atoms with Crippen molar-refractivity contribution in [2.45, 2.75) is 34.6 Å². The fraction of sp³-hybridized carbons (Fsp3) is 0.429. The summed E-state index contributed by atoms with van der Waals surface area (Å²) in [5.74, 6) is -0.265. The topological polar surface area (TPSA) is 86.9 Å². The SMILES string of the molecule is Cc1cc(C)n(NC(=S)NC(=O)C(C)(C)C)c(=O)c1C#N. The van der Waals surface area contributed by atoms with Gasteiger partial charge in [0.15, 0.2) is 5.11 Å². The Hall–Kier alpha value is -2.20. The molecule has 1 aromatic heterocycles. The van der Waals surface area contributed by atoms with E-state index < -0.39 is 11.0 Å². The van der Waals surface area contributed by atoms with Gasteiger partial charge in [0.25, 0.3) is 5.56 Å². The zero-order chi connectivity index (χ0) is 16.4. The van der Waals surface area contributed by atoms with Crippen molar-refractivity contribution in [1.82, 2.24) is 9.99 Å². The first-order valence-corrected chi connectivity index (χ1v) is 6.74. The quantitative estimate of drug-likeness (QED) is 0.764. The lowest BCUT2D eigenvalue weighted by Crippen LogP contribution is -2.46. The minimum atomic E-state index is -0.600. The molecule has 1 aromatic rings. The fourth-order valence-electron chi connectivity index (χ4n) is 1.59. The van der Waals surface area contributed by atoms with E-state index in [0.29, 0.717) is 11.3 Å². The van der Waals surface area contributed by atoms with Gasteiger partial charge in [0.1, 0.15) is 11.6 Å². The summed E-state index contributed by atoms with van der Waals surface area (Å²) in [6.45, 7) is 8.65. The van der Waals surface area contributed by atoms with Gasteiger partial charge in [-0.3, -0.25) is 15.0 Å². The Morgan fingerprint density at radius 3 is 2.43 bits per heavy atom. The van der Waals surface area contributed by atoms with E-state index in [1.807, 2.05) is 6.07 Å². The summed E-state index contributed by atoms with van der Waals surface area (Å²) in [4.78, 5) is 24.0. The van der Waals surface area contributed by atoms with Gasteiger partial charge >= 0.3 is 0 Å². The van der Waals surface area contributed by atoms with Gasteiger partial charge in [0.2, 0.25) is 5.91 Å². The van der Waals surface area contributed by atoms with E-state index >= 15 is 0 Å². The van der Waals surface area contributed by atoms with E-state index in [-0.39, 0.29) is 16.6 Å². The molecule has 0 spiro atoms. The number of pyridine rings is 1. The summed E-state index contributed by atoms with van der Waals surface area (Å²) >= 11 is 5.03. The number of aryl methyl sites for hydroxylation is 2. The predicted octanol–water partition coefficient (Wildman–Crippen LogP) is 1.33.